The first-order valence-electron chi connectivity index (χ1n) is 10.5. The standard InChI is InChI=1S/C24H26Cl2FN3O/c1-16(2)8-11-29-12-9-24(10-13-29)15-30(21-7-6-17(27)14-18(21)24)23(31)28-20-5-3-4-19(25)22(20)26/h3-8,14H,9-13,15H2,1-2H3,(H,28,31). The predicted molar refractivity (Wildman–Crippen MR) is 126 cm³/mol. The summed E-state index contributed by atoms with van der Waals surface area (Å²) in [6, 6.07) is 9.54. The van der Waals surface area contributed by atoms with Gasteiger partial charge in [0.15, 0.2) is 0 Å². The zero-order valence-corrected chi connectivity index (χ0v) is 19.2. The van der Waals surface area contributed by atoms with Crippen molar-refractivity contribution in [3.8, 4) is 0 Å². The lowest BCUT2D eigenvalue weighted by molar-refractivity contribution is 0.180. The number of hydrogen-bond donors (Lipinski definition) is 1. The molecule has 0 saturated carbocycles. The largest absolute Gasteiger partial charge is 0.326 e. The fourth-order valence-corrected chi connectivity index (χ4v) is 4.86. The maximum atomic E-state index is 14.2. The Labute approximate surface area is 192 Å². The number of carbonyl (C=O) groups excluding carboxylic acids is 1. The van der Waals surface area contributed by atoms with E-state index in [1.54, 1.807) is 35.2 Å². The number of allylic oxidation sites excluding steroid dienone is 1. The number of nitrogens with one attached hydrogen (secondary N) is 1. The Kier molecular flexibility index (Phi) is 6.29. The number of benzene rings is 2. The van der Waals surface area contributed by atoms with Gasteiger partial charge in [-0.15, -0.1) is 0 Å². The Bertz CT molecular complexity index is 1030. The van der Waals surface area contributed by atoms with Gasteiger partial charge in [-0.05, 0) is 75.7 Å². The molecule has 2 heterocycles. The zero-order valence-electron chi connectivity index (χ0n) is 17.7. The van der Waals surface area contributed by atoms with Crippen LogP contribution < -0.4 is 10.2 Å². The molecule has 7 heteroatoms. The second kappa shape index (κ2) is 8.81. The van der Waals surface area contributed by atoms with Crippen molar-refractivity contribution in [1.29, 1.82) is 0 Å². The van der Waals surface area contributed by atoms with Gasteiger partial charge in [-0.1, -0.05) is 40.9 Å². The Morgan fingerprint density at radius 3 is 2.65 bits per heavy atom. The van der Waals surface area contributed by atoms with Crippen LogP contribution in [-0.2, 0) is 5.41 Å². The first kappa shape index (κ1) is 22.1. The average molecular weight is 462 g/mol. The van der Waals surface area contributed by atoms with E-state index in [2.05, 4.69) is 30.1 Å². The van der Waals surface area contributed by atoms with Crippen molar-refractivity contribution >= 4 is 40.6 Å². The molecule has 0 bridgehead atoms. The van der Waals surface area contributed by atoms with Crippen LogP contribution in [0.1, 0.15) is 32.3 Å². The number of fused-ring (bicyclic) bond motifs is 2. The molecule has 2 aliphatic rings. The summed E-state index contributed by atoms with van der Waals surface area (Å²) < 4.78 is 14.2. The van der Waals surface area contributed by atoms with Crippen molar-refractivity contribution in [2.75, 3.05) is 36.4 Å². The summed E-state index contributed by atoms with van der Waals surface area (Å²) in [7, 11) is 0. The lowest BCUT2D eigenvalue weighted by atomic mass is 9.74. The van der Waals surface area contributed by atoms with E-state index in [0.29, 0.717) is 22.3 Å². The number of urea groups is 1. The van der Waals surface area contributed by atoms with E-state index >= 15 is 0 Å². The molecule has 1 fully saturated rings. The van der Waals surface area contributed by atoms with Crippen LogP contribution in [0.2, 0.25) is 10.0 Å². The van der Waals surface area contributed by atoms with Crippen LogP contribution in [0.25, 0.3) is 0 Å². The first-order valence-corrected chi connectivity index (χ1v) is 11.2. The Morgan fingerprint density at radius 1 is 1.19 bits per heavy atom. The molecule has 2 aromatic carbocycles. The van der Waals surface area contributed by atoms with Crippen LogP contribution in [0.3, 0.4) is 0 Å². The van der Waals surface area contributed by atoms with Gasteiger partial charge in [-0.2, -0.15) is 0 Å². The summed E-state index contributed by atoms with van der Waals surface area (Å²) in [4.78, 5) is 17.3. The third-order valence-electron chi connectivity index (χ3n) is 6.29. The number of rotatable bonds is 3. The molecule has 2 aliphatic heterocycles. The van der Waals surface area contributed by atoms with Gasteiger partial charge >= 0.3 is 6.03 Å². The summed E-state index contributed by atoms with van der Waals surface area (Å²) in [6.07, 6.45) is 3.98. The smallest absolute Gasteiger partial charge is 0.306 e. The van der Waals surface area contributed by atoms with E-state index in [4.69, 9.17) is 23.2 Å². The molecule has 0 atom stereocenters. The number of anilines is 2. The highest BCUT2D eigenvalue weighted by Gasteiger charge is 2.46. The summed E-state index contributed by atoms with van der Waals surface area (Å²) in [6.45, 7) is 7.47. The number of nitrogens with zero attached hydrogens (tertiary/aromatic N) is 2. The quantitative estimate of drug-likeness (QED) is 0.530. The van der Waals surface area contributed by atoms with E-state index in [9.17, 15) is 9.18 Å². The van der Waals surface area contributed by atoms with E-state index < -0.39 is 0 Å². The molecular weight excluding hydrogens is 436 g/mol. The molecule has 4 nitrogen and oxygen atoms in total. The maximum Gasteiger partial charge on any atom is 0.326 e. The predicted octanol–water partition coefficient (Wildman–Crippen LogP) is 6.48. The van der Waals surface area contributed by atoms with Crippen LogP contribution in [0, 0.1) is 5.82 Å². The molecule has 1 spiro atoms. The maximum absolute atomic E-state index is 14.2. The lowest BCUT2D eigenvalue weighted by Gasteiger charge is -2.39. The summed E-state index contributed by atoms with van der Waals surface area (Å²) in [5.41, 5.74) is 3.20. The van der Waals surface area contributed by atoms with E-state index in [1.807, 2.05) is 0 Å². The van der Waals surface area contributed by atoms with Crippen LogP contribution in [0.4, 0.5) is 20.6 Å². The Hall–Kier alpha value is -2.08. The highest BCUT2D eigenvalue weighted by atomic mass is 35.5. The molecule has 164 valence electrons. The van der Waals surface area contributed by atoms with Gasteiger partial charge in [0.2, 0.25) is 0 Å². The molecule has 0 aromatic heterocycles. The topological polar surface area (TPSA) is 35.6 Å². The second-order valence-corrected chi connectivity index (χ2v) is 9.43. The molecule has 1 N–H and O–H groups in total. The van der Waals surface area contributed by atoms with E-state index in [1.165, 1.54) is 11.6 Å². The van der Waals surface area contributed by atoms with Crippen molar-refractivity contribution in [3.63, 3.8) is 0 Å². The molecule has 31 heavy (non-hydrogen) atoms. The number of halogens is 3. The Balaban J connectivity index is 1.57. The normalized spacial score (nSPS) is 17.5. The van der Waals surface area contributed by atoms with Crippen molar-refractivity contribution in [3.05, 3.63) is 69.5 Å². The number of carbonyl (C=O) groups is 1. The Morgan fingerprint density at radius 2 is 1.94 bits per heavy atom. The molecule has 0 radical (unpaired) electrons. The van der Waals surface area contributed by atoms with Gasteiger partial charge in [-0.3, -0.25) is 9.80 Å². The minimum atomic E-state index is -0.291. The highest BCUT2D eigenvalue weighted by Crippen LogP contribution is 2.47. The van der Waals surface area contributed by atoms with Crippen molar-refractivity contribution in [1.82, 2.24) is 4.90 Å². The molecule has 1 saturated heterocycles. The van der Waals surface area contributed by atoms with E-state index in [-0.39, 0.29) is 17.3 Å². The average Bonchev–Trinajstić information content (AvgIpc) is 3.04. The first-order chi connectivity index (χ1) is 14.8. The molecule has 2 aromatic rings. The molecule has 0 aliphatic carbocycles. The number of hydrogen-bond acceptors (Lipinski definition) is 2. The minimum absolute atomic E-state index is 0.242. The summed E-state index contributed by atoms with van der Waals surface area (Å²) in [5, 5.41) is 3.55. The minimum Gasteiger partial charge on any atom is -0.306 e. The van der Waals surface area contributed by atoms with E-state index in [0.717, 1.165) is 43.7 Å². The number of amides is 2. The SMILES string of the molecule is CC(C)=CCN1CCC2(CC1)CN(C(=O)Nc1cccc(Cl)c1Cl)c1ccc(F)cc12. The molecule has 2 amide bonds. The summed E-state index contributed by atoms with van der Waals surface area (Å²) in [5.74, 6) is -0.273. The van der Waals surface area contributed by atoms with Gasteiger partial charge < -0.3 is 5.32 Å². The number of likely N-dealkylation sites (tertiary alicyclic amines) is 1. The third kappa shape index (κ3) is 4.45. The third-order valence-corrected chi connectivity index (χ3v) is 7.11. The van der Waals surface area contributed by atoms with Crippen LogP contribution in [-0.4, -0.2) is 37.1 Å². The summed E-state index contributed by atoms with van der Waals surface area (Å²) >= 11 is 12.3. The zero-order chi connectivity index (χ0) is 22.2. The molecular formula is C24H26Cl2FN3O. The lowest BCUT2D eigenvalue weighted by Crippen LogP contribution is -2.46. The molecule has 4 rings (SSSR count). The highest BCUT2D eigenvalue weighted by molar-refractivity contribution is 6.44. The second-order valence-electron chi connectivity index (χ2n) is 8.64. The monoisotopic (exact) mass is 461 g/mol. The van der Waals surface area contributed by atoms with Gasteiger partial charge in [-0.25, -0.2) is 9.18 Å². The van der Waals surface area contributed by atoms with Crippen molar-refractivity contribution < 1.29 is 9.18 Å². The fraction of sp³-hybridized carbons (Fsp3) is 0.375. The van der Waals surface area contributed by atoms with Gasteiger partial charge in [0.25, 0.3) is 0 Å². The number of piperidine rings is 1. The van der Waals surface area contributed by atoms with Gasteiger partial charge in [0, 0.05) is 24.2 Å². The van der Waals surface area contributed by atoms with Crippen LogP contribution >= 0.6 is 23.2 Å². The van der Waals surface area contributed by atoms with Crippen LogP contribution in [0.15, 0.2) is 48.0 Å². The fourth-order valence-electron chi connectivity index (χ4n) is 4.51. The molecule has 0 unspecified atom stereocenters. The van der Waals surface area contributed by atoms with Crippen molar-refractivity contribution in [2.24, 2.45) is 0 Å². The van der Waals surface area contributed by atoms with Crippen LogP contribution in [0.5, 0.6) is 0 Å². The van der Waals surface area contributed by atoms with Crippen molar-refractivity contribution in [2.45, 2.75) is 32.1 Å². The van der Waals surface area contributed by atoms with Gasteiger partial charge in [0.05, 0.1) is 15.7 Å². The van der Waals surface area contributed by atoms with Gasteiger partial charge in [0.1, 0.15) is 5.82 Å².